The van der Waals surface area contributed by atoms with Crippen molar-refractivity contribution in [3.8, 4) is 0 Å². The maximum Gasteiger partial charge on any atom is 0.222 e. The molecule has 2 aliphatic rings. The lowest BCUT2D eigenvalue weighted by Gasteiger charge is -2.49. The molecular formula is C14H27N3O3S. The lowest BCUT2D eigenvalue weighted by atomic mass is 9.86. The number of carbonyl (C=O) groups is 1. The Morgan fingerprint density at radius 1 is 1.14 bits per heavy atom. The molecule has 0 N–H and O–H groups in total. The Labute approximate surface area is 128 Å². The van der Waals surface area contributed by atoms with Crippen molar-refractivity contribution in [3.63, 3.8) is 0 Å². The Morgan fingerprint density at radius 2 is 1.86 bits per heavy atom. The minimum absolute atomic E-state index is 0.0101. The number of hydrogen-bond donors (Lipinski definition) is 0. The topological polar surface area (TPSA) is 60.9 Å². The Morgan fingerprint density at radius 3 is 2.52 bits per heavy atom. The van der Waals surface area contributed by atoms with E-state index in [9.17, 15) is 13.2 Å². The molecule has 2 aliphatic heterocycles. The second-order valence-electron chi connectivity index (χ2n) is 6.62. The average molecular weight is 317 g/mol. The highest BCUT2D eigenvalue weighted by molar-refractivity contribution is 7.90. The third kappa shape index (κ3) is 4.17. The summed E-state index contributed by atoms with van der Waals surface area (Å²) in [7, 11) is 1.07. The van der Waals surface area contributed by atoms with Gasteiger partial charge in [0.2, 0.25) is 5.91 Å². The molecular weight excluding hydrogens is 290 g/mol. The van der Waals surface area contributed by atoms with Crippen LogP contribution in [0.15, 0.2) is 0 Å². The molecule has 0 aromatic rings. The maximum atomic E-state index is 11.9. The van der Waals surface area contributed by atoms with E-state index < -0.39 is 9.84 Å². The fourth-order valence-electron chi connectivity index (χ4n) is 3.33. The second-order valence-corrected chi connectivity index (χ2v) is 8.88. The van der Waals surface area contributed by atoms with E-state index in [0.29, 0.717) is 13.0 Å². The van der Waals surface area contributed by atoms with Crippen molar-refractivity contribution in [3.05, 3.63) is 0 Å². The van der Waals surface area contributed by atoms with Crippen molar-refractivity contribution in [2.45, 2.75) is 24.8 Å². The van der Waals surface area contributed by atoms with Gasteiger partial charge in [0.15, 0.2) is 0 Å². The van der Waals surface area contributed by atoms with Gasteiger partial charge in [-0.25, -0.2) is 8.42 Å². The Kier molecular flexibility index (Phi) is 4.95. The van der Waals surface area contributed by atoms with Crippen LogP contribution in [0.4, 0.5) is 0 Å². The number of piperazine rings is 1. The van der Waals surface area contributed by atoms with Crippen LogP contribution in [0.1, 0.15) is 19.3 Å². The molecule has 0 radical (unpaired) electrons. The monoisotopic (exact) mass is 317 g/mol. The highest BCUT2D eigenvalue weighted by Crippen LogP contribution is 2.31. The predicted octanol–water partition coefficient (Wildman–Crippen LogP) is -0.340. The van der Waals surface area contributed by atoms with Crippen LogP contribution in [0, 0.1) is 0 Å². The Balaban J connectivity index is 2.05. The molecule has 0 bridgehead atoms. The van der Waals surface area contributed by atoms with Gasteiger partial charge >= 0.3 is 0 Å². The van der Waals surface area contributed by atoms with E-state index >= 15 is 0 Å². The SMILES string of the molecule is CN1CC[C@]2(CCC1=O)CN(CCS(C)(=O)=O)CCN2C. The number of likely N-dealkylation sites (N-methyl/N-ethyl adjacent to an activating group) is 1. The lowest BCUT2D eigenvalue weighted by molar-refractivity contribution is -0.129. The summed E-state index contributed by atoms with van der Waals surface area (Å²) in [5.41, 5.74) is 0.0101. The highest BCUT2D eigenvalue weighted by Gasteiger charge is 2.41. The second kappa shape index (κ2) is 6.22. The number of hydrogen-bond acceptors (Lipinski definition) is 5. The molecule has 6 nitrogen and oxygen atoms in total. The summed E-state index contributed by atoms with van der Waals surface area (Å²) in [5.74, 6) is 0.430. The largest absolute Gasteiger partial charge is 0.346 e. The van der Waals surface area contributed by atoms with E-state index in [4.69, 9.17) is 0 Å². The number of carbonyl (C=O) groups excluding carboxylic acids is 1. The first kappa shape index (κ1) is 16.7. The zero-order chi connectivity index (χ0) is 15.7. The van der Waals surface area contributed by atoms with Crippen LogP contribution in [0.5, 0.6) is 0 Å². The summed E-state index contributed by atoms with van der Waals surface area (Å²) >= 11 is 0. The van der Waals surface area contributed by atoms with Crippen LogP contribution in [-0.2, 0) is 14.6 Å². The summed E-state index contributed by atoms with van der Waals surface area (Å²) in [6.45, 7) is 4.07. The Hall–Kier alpha value is -0.660. The van der Waals surface area contributed by atoms with Crippen molar-refractivity contribution in [2.24, 2.45) is 0 Å². The van der Waals surface area contributed by atoms with Crippen molar-refractivity contribution in [2.75, 3.05) is 58.8 Å². The van der Waals surface area contributed by atoms with Crippen molar-refractivity contribution >= 4 is 15.7 Å². The number of sulfone groups is 1. The van der Waals surface area contributed by atoms with Gasteiger partial charge in [0, 0.05) is 58.0 Å². The van der Waals surface area contributed by atoms with Gasteiger partial charge in [0.05, 0.1) is 5.75 Å². The van der Waals surface area contributed by atoms with E-state index in [1.54, 1.807) is 0 Å². The molecule has 122 valence electrons. The van der Waals surface area contributed by atoms with E-state index in [0.717, 1.165) is 39.0 Å². The molecule has 1 amide bonds. The van der Waals surface area contributed by atoms with Crippen molar-refractivity contribution in [1.29, 1.82) is 0 Å². The molecule has 0 aliphatic carbocycles. The Bertz CT molecular complexity index is 494. The standard InChI is InChI=1S/C14H27N3O3S/c1-15-7-6-14(5-4-13(15)18)12-17(9-8-16(14)2)10-11-21(3,19)20/h4-12H2,1-3H3/t14-/m1/s1. The first-order valence-corrected chi connectivity index (χ1v) is 9.63. The molecule has 2 rings (SSSR count). The van der Waals surface area contributed by atoms with Crippen molar-refractivity contribution in [1.82, 2.24) is 14.7 Å². The van der Waals surface area contributed by atoms with Gasteiger partial charge in [-0.15, -0.1) is 0 Å². The fraction of sp³-hybridized carbons (Fsp3) is 0.929. The van der Waals surface area contributed by atoms with Gasteiger partial charge in [-0.05, 0) is 19.9 Å². The smallest absolute Gasteiger partial charge is 0.222 e. The maximum absolute atomic E-state index is 11.9. The third-order valence-corrected chi connectivity index (χ3v) is 5.92. The molecule has 2 saturated heterocycles. The zero-order valence-corrected chi connectivity index (χ0v) is 14.2. The molecule has 21 heavy (non-hydrogen) atoms. The van der Waals surface area contributed by atoms with Crippen LogP contribution in [0.25, 0.3) is 0 Å². The number of amides is 1. The minimum Gasteiger partial charge on any atom is -0.346 e. The van der Waals surface area contributed by atoms with Gasteiger partial charge in [-0.3, -0.25) is 14.6 Å². The quantitative estimate of drug-likeness (QED) is 0.713. The van der Waals surface area contributed by atoms with E-state index in [1.165, 1.54) is 6.26 Å². The molecule has 0 unspecified atom stereocenters. The minimum atomic E-state index is -2.92. The van der Waals surface area contributed by atoms with Gasteiger partial charge in [0.1, 0.15) is 9.84 Å². The zero-order valence-electron chi connectivity index (χ0n) is 13.3. The number of likely N-dealkylation sites (tertiary alicyclic amines) is 1. The highest BCUT2D eigenvalue weighted by atomic mass is 32.2. The van der Waals surface area contributed by atoms with Crippen LogP contribution in [0.3, 0.4) is 0 Å². The summed E-state index contributed by atoms with van der Waals surface area (Å²) in [6, 6.07) is 0. The van der Waals surface area contributed by atoms with Crippen LogP contribution < -0.4 is 0 Å². The van der Waals surface area contributed by atoms with E-state index in [2.05, 4.69) is 16.8 Å². The molecule has 0 aromatic heterocycles. The predicted molar refractivity (Wildman–Crippen MR) is 83.0 cm³/mol. The van der Waals surface area contributed by atoms with Gasteiger partial charge in [-0.2, -0.15) is 0 Å². The average Bonchev–Trinajstić information content (AvgIpc) is 2.54. The molecule has 1 spiro atoms. The van der Waals surface area contributed by atoms with Gasteiger partial charge in [-0.1, -0.05) is 0 Å². The van der Waals surface area contributed by atoms with Crippen molar-refractivity contribution < 1.29 is 13.2 Å². The third-order valence-electron chi connectivity index (χ3n) is 5.00. The van der Waals surface area contributed by atoms with E-state index in [1.807, 2.05) is 11.9 Å². The summed E-state index contributed by atoms with van der Waals surface area (Å²) < 4.78 is 22.7. The summed E-state index contributed by atoms with van der Waals surface area (Å²) in [5, 5.41) is 0. The first-order chi connectivity index (χ1) is 9.72. The lowest BCUT2D eigenvalue weighted by Crippen LogP contribution is -2.61. The van der Waals surface area contributed by atoms with Gasteiger partial charge < -0.3 is 4.90 Å². The molecule has 7 heteroatoms. The van der Waals surface area contributed by atoms with Crippen LogP contribution in [0.2, 0.25) is 0 Å². The summed E-state index contributed by atoms with van der Waals surface area (Å²) in [4.78, 5) is 18.3. The number of nitrogens with zero attached hydrogens (tertiary/aromatic N) is 3. The van der Waals surface area contributed by atoms with Gasteiger partial charge in [0.25, 0.3) is 0 Å². The van der Waals surface area contributed by atoms with Crippen LogP contribution in [-0.4, -0.2) is 93.4 Å². The molecule has 1 atom stereocenters. The molecule has 0 aromatic carbocycles. The molecule has 2 heterocycles. The van der Waals surface area contributed by atoms with E-state index in [-0.39, 0.29) is 17.2 Å². The first-order valence-electron chi connectivity index (χ1n) is 7.57. The fourth-order valence-corrected chi connectivity index (χ4v) is 3.92. The summed E-state index contributed by atoms with van der Waals surface area (Å²) in [6.07, 6.45) is 3.70. The normalized spacial score (nSPS) is 29.9. The number of rotatable bonds is 3. The molecule has 2 fully saturated rings. The van der Waals surface area contributed by atoms with Crippen LogP contribution >= 0.6 is 0 Å². The molecule has 0 saturated carbocycles.